The second-order valence-electron chi connectivity index (χ2n) is 7.73. The van der Waals surface area contributed by atoms with E-state index in [9.17, 15) is 9.59 Å². The van der Waals surface area contributed by atoms with Crippen LogP contribution in [0.1, 0.15) is 30.1 Å². The summed E-state index contributed by atoms with van der Waals surface area (Å²) >= 11 is 5.93. The average Bonchev–Trinajstić information content (AvgIpc) is 3.33. The van der Waals surface area contributed by atoms with Crippen molar-refractivity contribution in [3.05, 3.63) is 70.7 Å². The summed E-state index contributed by atoms with van der Waals surface area (Å²) in [7, 11) is 0. The summed E-state index contributed by atoms with van der Waals surface area (Å²) in [6.07, 6.45) is 1.17. The van der Waals surface area contributed by atoms with Crippen molar-refractivity contribution in [1.82, 2.24) is 9.80 Å². The van der Waals surface area contributed by atoms with Crippen molar-refractivity contribution in [2.45, 2.75) is 37.1 Å². The normalized spacial score (nSPS) is 28.5. The Bertz CT molecular complexity index is 917. The van der Waals surface area contributed by atoms with E-state index in [1.807, 2.05) is 52.3 Å². The van der Waals surface area contributed by atoms with Crippen molar-refractivity contribution in [2.75, 3.05) is 13.1 Å². The first kappa shape index (κ1) is 17.7. The maximum absolute atomic E-state index is 13.0. The molecule has 0 bridgehead atoms. The van der Waals surface area contributed by atoms with E-state index in [4.69, 9.17) is 16.3 Å². The van der Waals surface area contributed by atoms with Crippen LogP contribution in [0.5, 0.6) is 0 Å². The van der Waals surface area contributed by atoms with Gasteiger partial charge in [-0.15, -0.1) is 0 Å². The molecule has 0 saturated carbocycles. The smallest absolute Gasteiger partial charge is 0.227 e. The van der Waals surface area contributed by atoms with Crippen LogP contribution in [-0.2, 0) is 20.7 Å². The zero-order valence-electron chi connectivity index (χ0n) is 15.4. The molecule has 3 atom stereocenters. The van der Waals surface area contributed by atoms with Gasteiger partial charge >= 0.3 is 0 Å². The first-order chi connectivity index (χ1) is 13.6. The molecule has 28 heavy (non-hydrogen) atoms. The third kappa shape index (κ3) is 2.73. The second kappa shape index (κ2) is 6.61. The summed E-state index contributed by atoms with van der Waals surface area (Å²) in [4.78, 5) is 29.4. The van der Waals surface area contributed by atoms with Crippen LogP contribution < -0.4 is 0 Å². The molecule has 6 heteroatoms. The van der Waals surface area contributed by atoms with Gasteiger partial charge in [-0.3, -0.25) is 9.59 Å². The number of amides is 2. The number of benzene rings is 2. The van der Waals surface area contributed by atoms with Crippen LogP contribution in [-0.4, -0.2) is 46.5 Å². The van der Waals surface area contributed by atoms with E-state index in [1.54, 1.807) is 12.1 Å². The number of nitrogens with zero attached hydrogens (tertiary/aromatic N) is 2. The summed E-state index contributed by atoms with van der Waals surface area (Å²) in [5.74, 6) is 0.109. The van der Waals surface area contributed by atoms with Crippen LogP contribution in [0, 0.1) is 0 Å². The Morgan fingerprint density at radius 1 is 1.14 bits per heavy atom. The highest BCUT2D eigenvalue weighted by Gasteiger charge is 2.64. The third-order valence-corrected chi connectivity index (χ3v) is 6.44. The minimum atomic E-state index is -0.673. The molecule has 2 amide bonds. The third-order valence-electron chi connectivity index (χ3n) is 6.19. The molecular weight excluding hydrogens is 376 g/mol. The maximum atomic E-state index is 13.0. The van der Waals surface area contributed by atoms with Gasteiger partial charge in [0.25, 0.3) is 0 Å². The van der Waals surface area contributed by atoms with Crippen molar-refractivity contribution in [3.63, 3.8) is 0 Å². The quantitative estimate of drug-likeness (QED) is 0.800. The summed E-state index contributed by atoms with van der Waals surface area (Å²) in [6, 6.07) is 17.1. The van der Waals surface area contributed by atoms with Gasteiger partial charge in [0.05, 0.1) is 25.4 Å². The van der Waals surface area contributed by atoms with Gasteiger partial charge < -0.3 is 14.5 Å². The molecule has 144 valence electrons. The first-order valence-corrected chi connectivity index (χ1v) is 10.0. The minimum Gasteiger partial charge on any atom is -0.343 e. The standard InChI is InChI=1S/C22H21ClN2O3/c23-17-8-6-15(7-9-17)12-20(26)24-11-10-22-19(24)13-21(27)25(22)14-18(28-22)16-4-2-1-3-5-16/h1-9,18-19H,10-14H2/t18-,19+,22-/m0/s1. The molecule has 3 aliphatic rings. The number of halogens is 1. The summed E-state index contributed by atoms with van der Waals surface area (Å²) < 4.78 is 6.49. The number of carbonyl (C=O) groups excluding carboxylic acids is 2. The Kier molecular flexibility index (Phi) is 4.18. The van der Waals surface area contributed by atoms with E-state index in [2.05, 4.69) is 0 Å². The lowest BCUT2D eigenvalue weighted by molar-refractivity contribution is -0.142. The predicted molar refractivity (Wildman–Crippen MR) is 105 cm³/mol. The van der Waals surface area contributed by atoms with Crippen LogP contribution in [0.3, 0.4) is 0 Å². The molecule has 5 rings (SSSR count). The SMILES string of the molecule is O=C(Cc1ccc(Cl)cc1)N1CC[C@@]23O[C@H](c4ccccc4)CN2C(=O)C[C@@H]13. The fourth-order valence-electron chi connectivity index (χ4n) is 4.84. The molecule has 5 nitrogen and oxygen atoms in total. The number of ether oxygens (including phenoxy) is 1. The lowest BCUT2D eigenvalue weighted by atomic mass is 10.1. The van der Waals surface area contributed by atoms with Crippen LogP contribution in [0.15, 0.2) is 54.6 Å². The zero-order valence-corrected chi connectivity index (χ0v) is 16.1. The monoisotopic (exact) mass is 396 g/mol. The highest BCUT2D eigenvalue weighted by atomic mass is 35.5. The van der Waals surface area contributed by atoms with Gasteiger partial charge in [-0.25, -0.2) is 0 Å². The Balaban J connectivity index is 1.37. The minimum absolute atomic E-state index is 0.0330. The van der Waals surface area contributed by atoms with Crippen molar-refractivity contribution >= 4 is 23.4 Å². The molecule has 0 radical (unpaired) electrons. The van der Waals surface area contributed by atoms with Crippen LogP contribution in [0.2, 0.25) is 5.02 Å². The lowest BCUT2D eigenvalue weighted by Crippen LogP contribution is -2.49. The van der Waals surface area contributed by atoms with Gasteiger partial charge in [-0.05, 0) is 23.3 Å². The Morgan fingerprint density at radius 3 is 2.64 bits per heavy atom. The molecule has 1 spiro atoms. The first-order valence-electron chi connectivity index (χ1n) is 9.64. The number of hydrogen-bond donors (Lipinski definition) is 0. The van der Waals surface area contributed by atoms with E-state index >= 15 is 0 Å². The Labute approximate surface area is 168 Å². The molecule has 3 saturated heterocycles. The number of rotatable bonds is 3. The van der Waals surface area contributed by atoms with Gasteiger partial charge in [0.1, 0.15) is 6.10 Å². The van der Waals surface area contributed by atoms with E-state index < -0.39 is 5.72 Å². The molecule has 0 aliphatic carbocycles. The van der Waals surface area contributed by atoms with E-state index in [0.29, 0.717) is 37.4 Å². The highest BCUT2D eigenvalue weighted by Crippen LogP contribution is 2.50. The molecule has 2 aromatic carbocycles. The van der Waals surface area contributed by atoms with Gasteiger partial charge in [0, 0.05) is 18.0 Å². The van der Waals surface area contributed by atoms with E-state index in [1.165, 1.54) is 0 Å². The molecular formula is C22H21ClN2O3. The van der Waals surface area contributed by atoms with Crippen LogP contribution >= 0.6 is 11.6 Å². The van der Waals surface area contributed by atoms with Gasteiger partial charge in [0.2, 0.25) is 11.8 Å². The summed E-state index contributed by atoms with van der Waals surface area (Å²) in [5.41, 5.74) is 1.32. The highest BCUT2D eigenvalue weighted by molar-refractivity contribution is 6.30. The molecule has 0 aromatic heterocycles. The van der Waals surface area contributed by atoms with Crippen molar-refractivity contribution in [2.24, 2.45) is 0 Å². The van der Waals surface area contributed by atoms with Crippen molar-refractivity contribution < 1.29 is 14.3 Å². The summed E-state index contributed by atoms with van der Waals surface area (Å²) in [6.45, 7) is 1.17. The molecule has 0 unspecified atom stereocenters. The number of likely N-dealkylation sites (tertiary alicyclic amines) is 1. The van der Waals surface area contributed by atoms with Crippen molar-refractivity contribution in [3.8, 4) is 0 Å². The van der Waals surface area contributed by atoms with Crippen molar-refractivity contribution in [1.29, 1.82) is 0 Å². The topological polar surface area (TPSA) is 49.9 Å². The Morgan fingerprint density at radius 2 is 1.89 bits per heavy atom. The van der Waals surface area contributed by atoms with E-state index in [-0.39, 0.29) is 24.0 Å². The second-order valence-corrected chi connectivity index (χ2v) is 8.16. The molecule has 3 heterocycles. The van der Waals surface area contributed by atoms with Gasteiger partial charge in [-0.1, -0.05) is 54.1 Å². The number of hydrogen-bond acceptors (Lipinski definition) is 3. The predicted octanol–water partition coefficient (Wildman–Crippen LogP) is 3.18. The fraction of sp³-hybridized carbons (Fsp3) is 0.364. The zero-order chi connectivity index (χ0) is 19.3. The number of carbonyl (C=O) groups is 2. The average molecular weight is 397 g/mol. The lowest BCUT2D eigenvalue weighted by Gasteiger charge is -2.32. The van der Waals surface area contributed by atoms with Gasteiger partial charge in [0.15, 0.2) is 5.72 Å². The molecule has 3 aliphatic heterocycles. The van der Waals surface area contributed by atoms with Crippen LogP contribution in [0.4, 0.5) is 0 Å². The Hall–Kier alpha value is -2.37. The molecule has 3 fully saturated rings. The maximum Gasteiger partial charge on any atom is 0.227 e. The van der Waals surface area contributed by atoms with Gasteiger partial charge in [-0.2, -0.15) is 0 Å². The fourth-order valence-corrected chi connectivity index (χ4v) is 4.97. The largest absolute Gasteiger partial charge is 0.343 e. The van der Waals surface area contributed by atoms with Crippen LogP contribution in [0.25, 0.3) is 0 Å². The van der Waals surface area contributed by atoms with E-state index in [0.717, 1.165) is 11.1 Å². The molecule has 2 aromatic rings. The molecule has 0 N–H and O–H groups in total. The summed E-state index contributed by atoms with van der Waals surface area (Å²) in [5, 5.41) is 0.652.